The fourth-order valence-electron chi connectivity index (χ4n) is 3.29. The Hall–Kier alpha value is -1.59. The molecule has 0 bridgehead atoms. The minimum atomic E-state index is -0.498. The average Bonchev–Trinajstić information content (AvgIpc) is 2.68. The van der Waals surface area contributed by atoms with Crippen LogP contribution in [0.3, 0.4) is 0 Å². The Morgan fingerprint density at radius 1 is 1.22 bits per heavy atom. The monoisotopic (exact) mass is 561 g/mol. The van der Waals surface area contributed by atoms with Gasteiger partial charge in [0.2, 0.25) is 0 Å². The minimum absolute atomic E-state index is 0. The average molecular weight is 562 g/mol. The summed E-state index contributed by atoms with van der Waals surface area (Å²) >= 11 is 0. The van der Waals surface area contributed by atoms with E-state index in [0.29, 0.717) is 25.7 Å². The molecule has 1 unspecified atom stereocenters. The van der Waals surface area contributed by atoms with E-state index < -0.39 is 11.7 Å². The summed E-state index contributed by atoms with van der Waals surface area (Å²) in [6.07, 6.45) is -0.122. The van der Waals surface area contributed by atoms with Crippen LogP contribution in [0.15, 0.2) is 29.3 Å². The van der Waals surface area contributed by atoms with Crippen LogP contribution in [-0.2, 0) is 22.6 Å². The topological polar surface area (TPSA) is 87.2 Å². The number of guanidine groups is 1. The molecular formula is C23H40IN5O3. The normalized spacial score (nSPS) is 17.3. The molecule has 1 aromatic rings. The Labute approximate surface area is 209 Å². The van der Waals surface area contributed by atoms with E-state index in [2.05, 4.69) is 57.0 Å². The molecule has 1 aromatic carbocycles. The molecule has 9 heteroatoms. The first-order chi connectivity index (χ1) is 14.7. The maximum atomic E-state index is 11.7. The van der Waals surface area contributed by atoms with Gasteiger partial charge in [-0.25, -0.2) is 9.79 Å². The number of amides is 1. The van der Waals surface area contributed by atoms with E-state index in [1.54, 1.807) is 0 Å². The summed E-state index contributed by atoms with van der Waals surface area (Å²) in [5.74, 6) is 0.723. The maximum absolute atomic E-state index is 11.7. The summed E-state index contributed by atoms with van der Waals surface area (Å²) in [5, 5.41) is 9.22. The summed E-state index contributed by atoms with van der Waals surface area (Å²) in [6, 6.07) is 8.58. The van der Waals surface area contributed by atoms with Crippen molar-refractivity contribution in [2.45, 2.75) is 59.4 Å². The quantitative estimate of drug-likeness (QED) is 0.196. The third kappa shape index (κ3) is 11.9. The highest BCUT2D eigenvalue weighted by atomic mass is 127. The molecule has 1 fully saturated rings. The van der Waals surface area contributed by atoms with Gasteiger partial charge in [-0.1, -0.05) is 24.3 Å². The third-order valence-corrected chi connectivity index (χ3v) is 4.57. The number of hydrogen-bond donors (Lipinski definition) is 3. The zero-order valence-electron chi connectivity index (χ0n) is 20.1. The van der Waals surface area contributed by atoms with Crippen molar-refractivity contribution in [3.63, 3.8) is 0 Å². The highest BCUT2D eigenvalue weighted by Crippen LogP contribution is 2.12. The number of nitrogens with zero attached hydrogens (tertiary/aromatic N) is 2. The first kappa shape index (κ1) is 28.4. The summed E-state index contributed by atoms with van der Waals surface area (Å²) in [5.41, 5.74) is 1.96. The van der Waals surface area contributed by atoms with Crippen LogP contribution in [0.4, 0.5) is 4.79 Å². The van der Waals surface area contributed by atoms with Gasteiger partial charge in [0.25, 0.3) is 0 Å². The predicted octanol–water partition coefficient (Wildman–Crippen LogP) is 3.11. The van der Waals surface area contributed by atoms with Crippen LogP contribution in [0, 0.1) is 0 Å². The molecule has 0 aliphatic carbocycles. The summed E-state index contributed by atoms with van der Waals surface area (Å²) < 4.78 is 10.9. The van der Waals surface area contributed by atoms with E-state index in [4.69, 9.17) is 9.47 Å². The van der Waals surface area contributed by atoms with Gasteiger partial charge in [-0.15, -0.1) is 24.0 Å². The minimum Gasteiger partial charge on any atom is -0.444 e. The largest absolute Gasteiger partial charge is 0.444 e. The Balaban J connectivity index is 0.00000512. The van der Waals surface area contributed by atoms with Gasteiger partial charge >= 0.3 is 6.09 Å². The van der Waals surface area contributed by atoms with Gasteiger partial charge in [0.1, 0.15) is 5.60 Å². The number of ether oxygens (including phenoxy) is 2. The van der Waals surface area contributed by atoms with E-state index >= 15 is 0 Å². The van der Waals surface area contributed by atoms with Crippen molar-refractivity contribution in [1.29, 1.82) is 0 Å². The van der Waals surface area contributed by atoms with Crippen molar-refractivity contribution >= 4 is 36.0 Å². The lowest BCUT2D eigenvalue weighted by molar-refractivity contribution is -0.0212. The van der Waals surface area contributed by atoms with Crippen molar-refractivity contribution in [2.24, 2.45) is 4.99 Å². The van der Waals surface area contributed by atoms with E-state index in [-0.39, 0.29) is 24.0 Å². The van der Waals surface area contributed by atoms with E-state index in [0.717, 1.165) is 38.7 Å². The maximum Gasteiger partial charge on any atom is 0.407 e. The van der Waals surface area contributed by atoms with Gasteiger partial charge in [0.15, 0.2) is 5.96 Å². The zero-order valence-corrected chi connectivity index (χ0v) is 22.4. The number of carbonyl (C=O) groups excluding carboxylic acids is 1. The van der Waals surface area contributed by atoms with Crippen LogP contribution in [0.5, 0.6) is 0 Å². The number of aliphatic imine (C=N–C) groups is 1. The molecule has 1 amide bonds. The smallest absolute Gasteiger partial charge is 0.407 e. The van der Waals surface area contributed by atoms with Gasteiger partial charge < -0.3 is 25.4 Å². The fourth-order valence-corrected chi connectivity index (χ4v) is 3.29. The van der Waals surface area contributed by atoms with Gasteiger partial charge in [-0.2, -0.15) is 0 Å². The fraction of sp³-hybridized carbons (Fsp3) is 0.652. The second-order valence-corrected chi connectivity index (χ2v) is 8.79. The third-order valence-electron chi connectivity index (χ3n) is 4.57. The molecule has 0 radical (unpaired) electrons. The number of rotatable bonds is 8. The number of nitrogens with one attached hydrogen (secondary N) is 3. The highest BCUT2D eigenvalue weighted by Gasteiger charge is 2.17. The lowest BCUT2D eigenvalue weighted by Gasteiger charge is -2.31. The second kappa shape index (κ2) is 14.5. The lowest BCUT2D eigenvalue weighted by atomic mass is 10.1. The summed E-state index contributed by atoms with van der Waals surface area (Å²) in [4.78, 5) is 18.8. The van der Waals surface area contributed by atoms with Gasteiger partial charge in [0, 0.05) is 39.3 Å². The lowest BCUT2D eigenvalue weighted by Crippen LogP contribution is -2.42. The van der Waals surface area contributed by atoms with Gasteiger partial charge in [-0.3, -0.25) is 4.90 Å². The van der Waals surface area contributed by atoms with Crippen LogP contribution in [0.2, 0.25) is 0 Å². The molecule has 1 heterocycles. The Kier molecular flexibility index (Phi) is 12.9. The van der Waals surface area contributed by atoms with E-state index in [9.17, 15) is 4.79 Å². The molecule has 0 spiro atoms. The van der Waals surface area contributed by atoms with E-state index in [1.807, 2.05) is 27.7 Å². The SMILES string of the molecule is CCNC(=NCc1cccc(CN2CCOC(C)C2)c1)NCCNC(=O)OC(C)(C)C.I. The number of hydrogen-bond acceptors (Lipinski definition) is 5. The molecular weight excluding hydrogens is 521 g/mol. The van der Waals surface area contributed by atoms with Crippen LogP contribution in [0.25, 0.3) is 0 Å². The Morgan fingerprint density at radius 2 is 1.94 bits per heavy atom. The standard InChI is InChI=1S/C23H39N5O3.HI/c1-6-24-21(25-10-11-26-22(29)31-23(3,4)5)27-15-19-8-7-9-20(14-19)17-28-12-13-30-18(2)16-28;/h7-9,14,18H,6,10-13,15-17H2,1-5H3,(H,26,29)(H2,24,25,27);1H. The molecule has 0 saturated carbocycles. The summed E-state index contributed by atoms with van der Waals surface area (Å²) in [7, 11) is 0. The molecule has 182 valence electrons. The number of carbonyl (C=O) groups is 1. The van der Waals surface area contributed by atoms with Crippen molar-refractivity contribution in [3.05, 3.63) is 35.4 Å². The zero-order chi connectivity index (χ0) is 22.7. The molecule has 3 N–H and O–H groups in total. The second-order valence-electron chi connectivity index (χ2n) is 8.79. The number of benzene rings is 1. The number of morpholine rings is 1. The van der Waals surface area contributed by atoms with Crippen molar-refractivity contribution in [1.82, 2.24) is 20.9 Å². The number of halogens is 1. The van der Waals surface area contributed by atoms with Crippen LogP contribution >= 0.6 is 24.0 Å². The van der Waals surface area contributed by atoms with Gasteiger partial charge in [-0.05, 0) is 45.7 Å². The molecule has 1 aliphatic heterocycles. The van der Waals surface area contributed by atoms with Crippen molar-refractivity contribution < 1.29 is 14.3 Å². The van der Waals surface area contributed by atoms with Crippen LogP contribution in [-0.4, -0.2) is 68.0 Å². The molecule has 2 rings (SSSR count). The predicted molar refractivity (Wildman–Crippen MR) is 140 cm³/mol. The molecule has 1 saturated heterocycles. The number of alkyl carbamates (subject to hydrolysis) is 1. The van der Waals surface area contributed by atoms with Crippen LogP contribution < -0.4 is 16.0 Å². The Morgan fingerprint density at radius 3 is 2.62 bits per heavy atom. The van der Waals surface area contributed by atoms with Crippen LogP contribution in [0.1, 0.15) is 45.7 Å². The van der Waals surface area contributed by atoms with Crippen molar-refractivity contribution in [2.75, 3.05) is 39.3 Å². The molecule has 1 aliphatic rings. The van der Waals surface area contributed by atoms with E-state index in [1.165, 1.54) is 11.1 Å². The first-order valence-electron chi connectivity index (χ1n) is 11.2. The molecule has 1 atom stereocenters. The molecule has 8 nitrogen and oxygen atoms in total. The van der Waals surface area contributed by atoms with Crippen molar-refractivity contribution in [3.8, 4) is 0 Å². The Bertz CT molecular complexity index is 724. The first-order valence-corrected chi connectivity index (χ1v) is 11.2. The summed E-state index contributed by atoms with van der Waals surface area (Å²) in [6.45, 7) is 15.7. The molecule has 32 heavy (non-hydrogen) atoms. The highest BCUT2D eigenvalue weighted by molar-refractivity contribution is 14.0. The molecule has 0 aromatic heterocycles. The van der Waals surface area contributed by atoms with Gasteiger partial charge in [0.05, 0.1) is 19.3 Å².